The SMILES string of the molecule is Cc1cn([C@H]2C[C@H](N=[N+]=[N-])[C@@H](COP(O)OP(=O)(O)C(F)(F)P(=O)(O)OCOc3ccccc3)O2)c(=O)[nH]c1=O. The normalized spacial score (nSPS) is 23.0. The summed E-state index contributed by atoms with van der Waals surface area (Å²) in [6.45, 7) is -0.541. The molecule has 22 heteroatoms. The van der Waals surface area contributed by atoms with Crippen LogP contribution in [0.4, 0.5) is 8.78 Å². The van der Waals surface area contributed by atoms with Gasteiger partial charge in [-0.05, 0) is 24.6 Å². The van der Waals surface area contributed by atoms with Gasteiger partial charge in [-0.15, -0.1) is 0 Å². The van der Waals surface area contributed by atoms with Crippen LogP contribution in [0, 0.1) is 6.92 Å². The molecule has 6 atom stereocenters. The first-order valence-corrected chi connectivity index (χ1v) is 15.2. The number of hydrogen-bond donors (Lipinski definition) is 4. The van der Waals surface area contributed by atoms with Crippen LogP contribution in [-0.2, 0) is 27.2 Å². The topological polar surface area (TPSA) is 245 Å². The lowest BCUT2D eigenvalue weighted by molar-refractivity contribution is -0.0241. The first-order chi connectivity index (χ1) is 18.7. The number of rotatable bonds is 13. The van der Waals surface area contributed by atoms with E-state index in [1.165, 1.54) is 37.4 Å². The Kier molecular flexibility index (Phi) is 10.4. The highest BCUT2D eigenvalue weighted by atomic mass is 31.3. The number of benzene rings is 1. The smallest absolute Gasteiger partial charge is 0.444 e. The lowest BCUT2D eigenvalue weighted by atomic mass is 10.1. The molecule has 17 nitrogen and oxygen atoms in total. The lowest BCUT2D eigenvalue weighted by Gasteiger charge is -2.26. The molecular formula is C18H22F2N5O12P3. The minimum absolute atomic E-state index is 0.0810. The van der Waals surface area contributed by atoms with Crippen LogP contribution in [0.3, 0.4) is 0 Å². The van der Waals surface area contributed by atoms with Crippen molar-refractivity contribution in [2.45, 2.75) is 37.1 Å². The van der Waals surface area contributed by atoms with E-state index in [2.05, 4.69) is 23.8 Å². The molecule has 0 aliphatic carbocycles. The van der Waals surface area contributed by atoms with E-state index in [9.17, 15) is 42.2 Å². The molecule has 0 saturated carbocycles. The monoisotopic (exact) mass is 631 g/mol. The third kappa shape index (κ3) is 7.40. The molecule has 40 heavy (non-hydrogen) atoms. The van der Waals surface area contributed by atoms with Crippen molar-refractivity contribution in [3.63, 3.8) is 0 Å². The van der Waals surface area contributed by atoms with Gasteiger partial charge in [0.25, 0.3) is 5.56 Å². The maximum atomic E-state index is 14.5. The summed E-state index contributed by atoms with van der Waals surface area (Å²) < 4.78 is 77.5. The number of nitrogens with one attached hydrogen (secondary N) is 1. The second-order valence-corrected chi connectivity index (χ2v) is 13.2. The number of nitrogens with zero attached hydrogens (tertiary/aromatic N) is 4. The molecule has 0 spiro atoms. The van der Waals surface area contributed by atoms with Crippen molar-refractivity contribution in [1.82, 2.24) is 9.55 Å². The van der Waals surface area contributed by atoms with Crippen molar-refractivity contribution in [1.29, 1.82) is 0 Å². The van der Waals surface area contributed by atoms with Gasteiger partial charge in [0.05, 0.1) is 18.8 Å². The molecule has 2 heterocycles. The highest BCUT2D eigenvalue weighted by Gasteiger charge is 2.67. The number of alkyl halides is 2. The molecule has 0 bridgehead atoms. The van der Waals surface area contributed by atoms with Crippen LogP contribution in [-0.4, -0.2) is 55.2 Å². The van der Waals surface area contributed by atoms with Gasteiger partial charge < -0.3 is 28.7 Å². The van der Waals surface area contributed by atoms with Crippen LogP contribution in [0.2, 0.25) is 0 Å². The molecule has 1 aromatic heterocycles. The predicted octanol–water partition coefficient (Wildman–Crippen LogP) is 3.04. The van der Waals surface area contributed by atoms with Gasteiger partial charge in [-0.25, -0.2) is 9.11 Å². The molecule has 1 fully saturated rings. The Hall–Kier alpha value is -2.52. The third-order valence-corrected chi connectivity index (χ3v) is 10.4. The molecule has 1 aliphatic rings. The summed E-state index contributed by atoms with van der Waals surface area (Å²) in [5, 5.41) is -1.94. The van der Waals surface area contributed by atoms with E-state index < -0.39 is 72.2 Å². The maximum Gasteiger partial charge on any atom is 0.444 e. The molecule has 4 N–H and O–H groups in total. The molecule has 3 unspecified atom stereocenters. The standard InChI is InChI=1S/C18H22F2N5O12P3/c1-11-8-25(17(27)22-16(11)26)15-7-13(23-24-21)14(36-15)9-34-38(28)37-40(31,32)18(19,20)39(29,30)35-10-33-12-5-3-2-4-6-12/h2-6,8,13-15,28H,7,9-10H2,1H3,(H,29,30)(H,31,32)(H,22,26,27)/t13-,14+,15+,38?/m0/s1. The van der Waals surface area contributed by atoms with E-state index in [0.717, 1.165) is 4.57 Å². The average molecular weight is 631 g/mol. The Bertz CT molecular complexity index is 1450. The fourth-order valence-electron chi connectivity index (χ4n) is 3.25. The number of aryl methyl sites for hydroxylation is 1. The van der Waals surface area contributed by atoms with Gasteiger partial charge in [0.2, 0.25) is 0 Å². The highest BCUT2D eigenvalue weighted by molar-refractivity contribution is 7.75. The number of azide groups is 1. The second kappa shape index (κ2) is 13.0. The number of aromatic amines is 1. The fourth-order valence-corrected chi connectivity index (χ4v) is 6.99. The van der Waals surface area contributed by atoms with E-state index in [1.807, 2.05) is 0 Å². The Balaban J connectivity index is 1.61. The quantitative estimate of drug-likeness (QED) is 0.0819. The number of H-pyrrole nitrogens is 1. The largest absolute Gasteiger partial charge is 0.467 e. The zero-order valence-corrected chi connectivity index (χ0v) is 22.9. The van der Waals surface area contributed by atoms with Crippen molar-refractivity contribution in [3.8, 4) is 5.75 Å². The Morgan fingerprint density at radius 3 is 2.60 bits per heavy atom. The summed E-state index contributed by atoms with van der Waals surface area (Å²) in [7, 11) is -16.2. The van der Waals surface area contributed by atoms with Crippen molar-refractivity contribution in [3.05, 3.63) is 73.4 Å². The van der Waals surface area contributed by atoms with Crippen LogP contribution >= 0.6 is 23.8 Å². The predicted molar refractivity (Wildman–Crippen MR) is 131 cm³/mol. The van der Waals surface area contributed by atoms with Gasteiger partial charge in [0, 0.05) is 23.1 Å². The molecule has 2 aromatic rings. The lowest BCUT2D eigenvalue weighted by Crippen LogP contribution is -2.33. The van der Waals surface area contributed by atoms with Crippen LogP contribution in [0.15, 0.2) is 51.2 Å². The van der Waals surface area contributed by atoms with Gasteiger partial charge in [0.1, 0.15) is 12.0 Å². The summed E-state index contributed by atoms with van der Waals surface area (Å²) in [4.78, 5) is 57.6. The van der Waals surface area contributed by atoms with Crippen LogP contribution in [0.1, 0.15) is 18.2 Å². The summed E-state index contributed by atoms with van der Waals surface area (Å²) >= 11 is 0. The second-order valence-electron chi connectivity index (χ2n) is 7.99. The molecular weight excluding hydrogens is 609 g/mol. The highest BCUT2D eigenvalue weighted by Crippen LogP contribution is 2.77. The van der Waals surface area contributed by atoms with E-state index >= 15 is 0 Å². The van der Waals surface area contributed by atoms with Crippen LogP contribution < -0.4 is 16.0 Å². The Morgan fingerprint density at radius 1 is 1.27 bits per heavy atom. The summed E-state index contributed by atoms with van der Waals surface area (Å²) in [5.74, 6) is 0.0810. The zero-order valence-electron chi connectivity index (χ0n) is 20.2. The number of halogens is 2. The first-order valence-electron chi connectivity index (χ1n) is 10.9. The first kappa shape index (κ1) is 32.0. The number of ether oxygens (including phenoxy) is 2. The maximum absolute atomic E-state index is 14.5. The zero-order chi connectivity index (χ0) is 29.7. The van der Waals surface area contributed by atoms with E-state index in [0.29, 0.717) is 0 Å². The number of para-hydroxylation sites is 1. The summed E-state index contributed by atoms with van der Waals surface area (Å²) in [6.07, 6.45) is -1.22. The summed E-state index contributed by atoms with van der Waals surface area (Å²) in [6, 6.07) is 6.35. The fraction of sp³-hybridized carbons (Fsp3) is 0.444. The van der Waals surface area contributed by atoms with Gasteiger partial charge in [-0.2, -0.15) is 8.78 Å². The molecule has 220 valence electrons. The van der Waals surface area contributed by atoms with Gasteiger partial charge >= 0.3 is 34.9 Å². The molecule has 1 saturated heterocycles. The molecule has 1 aromatic carbocycles. The summed E-state index contributed by atoms with van der Waals surface area (Å²) in [5.41, 5.74) is 7.49. The molecule has 1 aliphatic heterocycles. The van der Waals surface area contributed by atoms with Crippen molar-refractivity contribution < 1.29 is 55.4 Å². The van der Waals surface area contributed by atoms with Crippen molar-refractivity contribution in [2.75, 3.05) is 13.4 Å². The molecule has 0 amide bonds. The van der Waals surface area contributed by atoms with E-state index in [1.54, 1.807) is 6.07 Å². The van der Waals surface area contributed by atoms with Gasteiger partial charge in [-0.3, -0.25) is 28.0 Å². The van der Waals surface area contributed by atoms with Crippen LogP contribution in [0.5, 0.6) is 5.75 Å². The van der Waals surface area contributed by atoms with Crippen molar-refractivity contribution >= 4 is 23.8 Å². The minimum Gasteiger partial charge on any atom is -0.467 e. The van der Waals surface area contributed by atoms with Crippen molar-refractivity contribution in [2.24, 2.45) is 5.11 Å². The molecule has 0 radical (unpaired) electrons. The van der Waals surface area contributed by atoms with E-state index in [-0.39, 0.29) is 17.7 Å². The van der Waals surface area contributed by atoms with Crippen LogP contribution in [0.25, 0.3) is 10.4 Å². The Morgan fingerprint density at radius 2 is 1.95 bits per heavy atom. The molecule has 3 rings (SSSR count). The van der Waals surface area contributed by atoms with Gasteiger partial charge in [0.15, 0.2) is 6.79 Å². The average Bonchev–Trinajstić information content (AvgIpc) is 3.27. The number of aromatic nitrogens is 2. The van der Waals surface area contributed by atoms with Gasteiger partial charge in [-0.1, -0.05) is 23.3 Å². The van der Waals surface area contributed by atoms with E-state index in [4.69, 9.17) is 19.5 Å². The Labute approximate surface area is 223 Å². The number of hydrogen-bond acceptors (Lipinski definition) is 11. The minimum atomic E-state index is -6.43. The third-order valence-electron chi connectivity index (χ3n) is 5.27.